The summed E-state index contributed by atoms with van der Waals surface area (Å²) in [5.74, 6) is 0. The van der Waals surface area contributed by atoms with Gasteiger partial charge in [0.25, 0.3) is 0 Å². The Bertz CT molecular complexity index is 3930. The van der Waals surface area contributed by atoms with Crippen molar-refractivity contribution in [1.82, 2.24) is 4.57 Å². The van der Waals surface area contributed by atoms with Gasteiger partial charge in [-0.2, -0.15) is 0 Å². The SMILES string of the molecule is c1cc(-c2ccc(N(c3ccc(-c4cccc(-n5c6ccccc6c6ccccc65)c4)cc3)c3ccccc3-c3ccc4sc5ccccc5c4c3)cc2)cc(-c2ccc3ccccc3c2)c1. The Labute approximate surface area is 393 Å². The van der Waals surface area contributed by atoms with Crippen LogP contribution < -0.4 is 4.90 Å². The molecule has 2 heterocycles. The van der Waals surface area contributed by atoms with Crippen molar-refractivity contribution in [2.75, 3.05) is 4.90 Å². The van der Waals surface area contributed by atoms with E-state index in [1.54, 1.807) is 0 Å². The van der Waals surface area contributed by atoms with E-state index in [-0.39, 0.29) is 0 Å². The molecular formula is C64H42N2S. The van der Waals surface area contributed by atoms with Crippen molar-refractivity contribution < 1.29 is 0 Å². The fourth-order valence-electron chi connectivity index (χ4n) is 10.1. The molecule has 0 N–H and O–H groups in total. The molecule has 13 rings (SSSR count). The molecule has 0 amide bonds. The summed E-state index contributed by atoms with van der Waals surface area (Å²) in [6, 6.07) is 93.2. The van der Waals surface area contributed by atoms with E-state index in [1.807, 2.05) is 11.3 Å². The van der Waals surface area contributed by atoms with Crippen molar-refractivity contribution in [2.24, 2.45) is 0 Å². The molecule has 3 heteroatoms. The maximum Gasteiger partial charge on any atom is 0.0541 e. The number of para-hydroxylation sites is 3. The number of rotatable bonds is 8. The quantitative estimate of drug-likeness (QED) is 0.148. The number of thiophene rings is 1. The van der Waals surface area contributed by atoms with Gasteiger partial charge in [0.05, 0.1) is 16.7 Å². The predicted octanol–water partition coefficient (Wildman–Crippen LogP) is 18.4. The summed E-state index contributed by atoms with van der Waals surface area (Å²) in [7, 11) is 0. The van der Waals surface area contributed by atoms with Crippen LogP contribution in [-0.4, -0.2) is 4.57 Å². The van der Waals surface area contributed by atoms with Gasteiger partial charge in [-0.15, -0.1) is 11.3 Å². The zero-order chi connectivity index (χ0) is 44.3. The number of anilines is 3. The second-order valence-corrected chi connectivity index (χ2v) is 18.4. The summed E-state index contributed by atoms with van der Waals surface area (Å²) in [6.45, 7) is 0. The summed E-state index contributed by atoms with van der Waals surface area (Å²) >= 11 is 1.86. The van der Waals surface area contributed by atoms with Gasteiger partial charge in [-0.1, -0.05) is 170 Å². The van der Waals surface area contributed by atoms with Crippen LogP contribution in [0.4, 0.5) is 17.1 Å². The highest BCUT2D eigenvalue weighted by molar-refractivity contribution is 7.25. The van der Waals surface area contributed by atoms with Crippen LogP contribution in [-0.2, 0) is 0 Å². The lowest BCUT2D eigenvalue weighted by atomic mass is 9.97. The minimum absolute atomic E-state index is 1.09. The van der Waals surface area contributed by atoms with Crippen molar-refractivity contribution in [3.63, 3.8) is 0 Å². The second-order valence-electron chi connectivity index (χ2n) is 17.3. The molecule has 67 heavy (non-hydrogen) atoms. The minimum Gasteiger partial charge on any atom is -0.310 e. The molecule has 0 atom stereocenters. The molecule has 0 aliphatic rings. The van der Waals surface area contributed by atoms with Crippen LogP contribution in [0.25, 0.3) is 103 Å². The van der Waals surface area contributed by atoms with E-state index < -0.39 is 0 Å². The van der Waals surface area contributed by atoms with Gasteiger partial charge in [-0.3, -0.25) is 0 Å². The molecule has 0 radical (unpaired) electrons. The average molecular weight is 871 g/mol. The van der Waals surface area contributed by atoms with Gasteiger partial charge in [-0.05, 0) is 135 Å². The first kappa shape index (κ1) is 38.9. The van der Waals surface area contributed by atoms with Crippen LogP contribution in [0.2, 0.25) is 0 Å². The Morgan fingerprint density at radius 3 is 1.55 bits per heavy atom. The van der Waals surface area contributed by atoms with Crippen LogP contribution in [0.3, 0.4) is 0 Å². The maximum absolute atomic E-state index is 2.42. The first-order chi connectivity index (χ1) is 33.2. The van der Waals surface area contributed by atoms with E-state index in [1.165, 1.54) is 91.7 Å². The smallest absolute Gasteiger partial charge is 0.0541 e. The Balaban J connectivity index is 0.903. The summed E-state index contributed by atoms with van der Waals surface area (Å²) in [4.78, 5) is 2.42. The molecule has 13 aromatic rings. The normalized spacial score (nSPS) is 11.6. The molecule has 0 aliphatic heterocycles. The fraction of sp³-hybridized carbons (Fsp3) is 0. The van der Waals surface area contributed by atoms with Crippen LogP contribution in [0.15, 0.2) is 255 Å². The van der Waals surface area contributed by atoms with Crippen molar-refractivity contribution in [3.8, 4) is 50.2 Å². The van der Waals surface area contributed by atoms with Gasteiger partial charge in [0, 0.05) is 53.6 Å². The largest absolute Gasteiger partial charge is 0.310 e. The lowest BCUT2D eigenvalue weighted by molar-refractivity contribution is 1.18. The number of hydrogen-bond acceptors (Lipinski definition) is 2. The molecule has 0 saturated heterocycles. The highest BCUT2D eigenvalue weighted by Crippen LogP contribution is 2.44. The number of benzene rings is 11. The van der Waals surface area contributed by atoms with Gasteiger partial charge in [0.15, 0.2) is 0 Å². The minimum atomic E-state index is 1.09. The molecule has 0 aliphatic carbocycles. The summed E-state index contributed by atoms with van der Waals surface area (Å²) in [6.07, 6.45) is 0. The van der Waals surface area contributed by atoms with E-state index in [0.717, 1.165) is 28.3 Å². The van der Waals surface area contributed by atoms with E-state index in [0.29, 0.717) is 0 Å². The Hall–Kier alpha value is -8.50. The molecule has 0 bridgehead atoms. The summed E-state index contributed by atoms with van der Waals surface area (Å²) < 4.78 is 5.01. The van der Waals surface area contributed by atoms with Crippen molar-refractivity contribution in [1.29, 1.82) is 0 Å². The standard InChI is InChI=1S/C64H42N2S/c1-2-14-46-40-50(28-27-43(46)13-1)48-16-11-15-47(39-48)44-29-34-52(35-30-44)65(60-23-7-3-19-55(60)51-33-38-64-59(42-51)58-22-6-10-26-63(58)67-64)53-36-31-45(32-37-53)49-17-12-18-54(41-49)66-61-24-8-4-20-56(61)57-21-5-9-25-62(57)66/h1-42H. The highest BCUT2D eigenvalue weighted by Gasteiger charge is 2.19. The van der Waals surface area contributed by atoms with E-state index in [2.05, 4.69) is 264 Å². The summed E-state index contributed by atoms with van der Waals surface area (Å²) in [5, 5.41) is 7.63. The van der Waals surface area contributed by atoms with Gasteiger partial charge >= 0.3 is 0 Å². The van der Waals surface area contributed by atoms with Crippen molar-refractivity contribution in [3.05, 3.63) is 255 Å². The highest BCUT2D eigenvalue weighted by atomic mass is 32.1. The van der Waals surface area contributed by atoms with Crippen LogP contribution in [0.5, 0.6) is 0 Å². The molecule has 0 fully saturated rings. The molecule has 0 unspecified atom stereocenters. The predicted molar refractivity (Wildman–Crippen MR) is 288 cm³/mol. The van der Waals surface area contributed by atoms with Crippen molar-refractivity contribution in [2.45, 2.75) is 0 Å². The molecular weight excluding hydrogens is 829 g/mol. The molecule has 0 saturated carbocycles. The topological polar surface area (TPSA) is 8.17 Å². The van der Waals surface area contributed by atoms with E-state index in [9.17, 15) is 0 Å². The molecule has 314 valence electrons. The van der Waals surface area contributed by atoms with Gasteiger partial charge in [0.2, 0.25) is 0 Å². The molecule has 2 aromatic heterocycles. The zero-order valence-electron chi connectivity index (χ0n) is 36.6. The van der Waals surface area contributed by atoms with E-state index >= 15 is 0 Å². The molecule has 0 spiro atoms. The summed E-state index contributed by atoms with van der Waals surface area (Å²) in [5.41, 5.74) is 16.3. The average Bonchev–Trinajstić information content (AvgIpc) is 3.95. The van der Waals surface area contributed by atoms with Gasteiger partial charge in [0.1, 0.15) is 0 Å². The van der Waals surface area contributed by atoms with Crippen LogP contribution in [0, 0.1) is 0 Å². The van der Waals surface area contributed by atoms with Gasteiger partial charge in [-0.25, -0.2) is 0 Å². The fourth-order valence-corrected chi connectivity index (χ4v) is 11.2. The Morgan fingerprint density at radius 1 is 0.299 bits per heavy atom. The van der Waals surface area contributed by atoms with Crippen LogP contribution in [0.1, 0.15) is 0 Å². The number of nitrogens with zero attached hydrogens (tertiary/aromatic N) is 2. The van der Waals surface area contributed by atoms with Crippen LogP contribution >= 0.6 is 11.3 Å². The van der Waals surface area contributed by atoms with Crippen molar-refractivity contribution >= 4 is 81.1 Å². The maximum atomic E-state index is 2.42. The first-order valence-corrected chi connectivity index (χ1v) is 23.7. The number of fused-ring (bicyclic) bond motifs is 7. The third-order valence-corrected chi connectivity index (χ3v) is 14.5. The van der Waals surface area contributed by atoms with E-state index in [4.69, 9.17) is 0 Å². The monoisotopic (exact) mass is 870 g/mol. The number of hydrogen-bond donors (Lipinski definition) is 0. The lowest BCUT2D eigenvalue weighted by Gasteiger charge is -2.28. The molecule has 11 aromatic carbocycles. The Morgan fingerprint density at radius 2 is 0.821 bits per heavy atom. The van der Waals surface area contributed by atoms with Gasteiger partial charge < -0.3 is 9.47 Å². The molecule has 2 nitrogen and oxygen atoms in total. The third-order valence-electron chi connectivity index (χ3n) is 13.4. The third kappa shape index (κ3) is 6.88. The number of aromatic nitrogens is 1. The first-order valence-electron chi connectivity index (χ1n) is 22.9. The zero-order valence-corrected chi connectivity index (χ0v) is 37.4. The second kappa shape index (κ2) is 16.2. The Kier molecular flexibility index (Phi) is 9.40. The lowest BCUT2D eigenvalue weighted by Crippen LogP contribution is -2.11.